The number of carbonyl (C=O) groups is 1. The molecule has 19 heavy (non-hydrogen) atoms. The first kappa shape index (κ1) is 13.6. The van der Waals surface area contributed by atoms with Gasteiger partial charge in [-0.15, -0.1) is 0 Å². The third-order valence-electron chi connectivity index (χ3n) is 3.56. The summed E-state index contributed by atoms with van der Waals surface area (Å²) >= 11 is 0. The summed E-state index contributed by atoms with van der Waals surface area (Å²) < 4.78 is 0. The van der Waals surface area contributed by atoms with E-state index in [9.17, 15) is 4.79 Å². The Morgan fingerprint density at radius 1 is 1.47 bits per heavy atom. The van der Waals surface area contributed by atoms with Crippen LogP contribution in [0.2, 0.25) is 0 Å². The summed E-state index contributed by atoms with van der Waals surface area (Å²) in [5.74, 6) is 0.0710. The molecule has 0 aromatic heterocycles. The summed E-state index contributed by atoms with van der Waals surface area (Å²) in [7, 11) is 0. The van der Waals surface area contributed by atoms with Crippen molar-refractivity contribution in [1.82, 2.24) is 0 Å². The van der Waals surface area contributed by atoms with E-state index in [1.807, 2.05) is 6.07 Å². The molecule has 0 atom stereocenters. The first-order valence-corrected chi connectivity index (χ1v) is 6.99. The van der Waals surface area contributed by atoms with Crippen LogP contribution >= 0.6 is 0 Å². The van der Waals surface area contributed by atoms with E-state index in [0.29, 0.717) is 11.6 Å². The smallest absolute Gasteiger partial charge is 0.161 e. The van der Waals surface area contributed by atoms with Crippen molar-refractivity contribution in [2.75, 3.05) is 11.4 Å². The SMILES string of the molecule is CCCCN(c1cc(C#N)ccc1C(C)=O)C1CC1. The zero-order valence-corrected chi connectivity index (χ0v) is 11.6. The second-order valence-corrected chi connectivity index (χ2v) is 5.18. The normalized spacial score (nSPS) is 13.9. The van der Waals surface area contributed by atoms with Crippen LogP contribution in [0, 0.1) is 11.3 Å². The van der Waals surface area contributed by atoms with E-state index in [-0.39, 0.29) is 5.78 Å². The second-order valence-electron chi connectivity index (χ2n) is 5.18. The van der Waals surface area contributed by atoms with Gasteiger partial charge in [0.05, 0.1) is 11.6 Å². The molecule has 3 nitrogen and oxygen atoms in total. The third kappa shape index (κ3) is 3.14. The average molecular weight is 256 g/mol. The lowest BCUT2D eigenvalue weighted by atomic mass is 10.0. The van der Waals surface area contributed by atoms with Crippen molar-refractivity contribution in [3.05, 3.63) is 29.3 Å². The van der Waals surface area contributed by atoms with Crippen LogP contribution in [0.4, 0.5) is 5.69 Å². The molecule has 1 aromatic carbocycles. The van der Waals surface area contributed by atoms with Gasteiger partial charge >= 0.3 is 0 Å². The summed E-state index contributed by atoms with van der Waals surface area (Å²) in [6.45, 7) is 4.73. The van der Waals surface area contributed by atoms with Crippen molar-refractivity contribution in [2.45, 2.75) is 45.6 Å². The molecular weight excluding hydrogens is 236 g/mol. The molecule has 100 valence electrons. The molecule has 0 amide bonds. The van der Waals surface area contributed by atoms with Gasteiger partial charge in [0.25, 0.3) is 0 Å². The molecule has 1 fully saturated rings. The second kappa shape index (κ2) is 5.88. The maximum absolute atomic E-state index is 11.8. The molecule has 0 heterocycles. The van der Waals surface area contributed by atoms with Crippen LogP contribution in [0.25, 0.3) is 0 Å². The van der Waals surface area contributed by atoms with Crippen molar-refractivity contribution >= 4 is 11.5 Å². The Bertz CT molecular complexity index is 512. The van der Waals surface area contributed by atoms with Crippen LogP contribution in [0.1, 0.15) is 55.5 Å². The number of anilines is 1. The summed E-state index contributed by atoms with van der Waals surface area (Å²) in [4.78, 5) is 14.1. The Kier molecular flexibility index (Phi) is 4.21. The van der Waals surface area contributed by atoms with E-state index in [1.54, 1.807) is 19.1 Å². The quantitative estimate of drug-likeness (QED) is 0.731. The van der Waals surface area contributed by atoms with Gasteiger partial charge in [-0.25, -0.2) is 0 Å². The van der Waals surface area contributed by atoms with Gasteiger partial charge in [0.2, 0.25) is 0 Å². The fourth-order valence-corrected chi connectivity index (χ4v) is 2.35. The Morgan fingerprint density at radius 2 is 2.21 bits per heavy atom. The van der Waals surface area contributed by atoms with Crippen LogP contribution in [0.15, 0.2) is 18.2 Å². The highest BCUT2D eigenvalue weighted by molar-refractivity contribution is 6.00. The number of carbonyl (C=O) groups excluding carboxylic acids is 1. The zero-order chi connectivity index (χ0) is 13.8. The number of hydrogen-bond donors (Lipinski definition) is 0. The minimum absolute atomic E-state index is 0.0710. The predicted molar refractivity (Wildman–Crippen MR) is 76.4 cm³/mol. The molecule has 0 unspecified atom stereocenters. The van der Waals surface area contributed by atoms with Crippen LogP contribution in [0.5, 0.6) is 0 Å². The van der Waals surface area contributed by atoms with E-state index in [4.69, 9.17) is 5.26 Å². The number of benzene rings is 1. The van der Waals surface area contributed by atoms with Crippen LogP contribution < -0.4 is 4.90 Å². The number of rotatable bonds is 6. The summed E-state index contributed by atoms with van der Waals surface area (Å²) in [5, 5.41) is 9.05. The summed E-state index contributed by atoms with van der Waals surface area (Å²) in [5.41, 5.74) is 2.31. The number of hydrogen-bond acceptors (Lipinski definition) is 3. The standard InChI is InChI=1S/C16H20N2O/c1-3-4-9-18(14-6-7-14)16-10-13(11-17)5-8-15(16)12(2)19/h5,8,10,14H,3-4,6-7,9H2,1-2H3. The molecule has 0 N–H and O–H groups in total. The Hall–Kier alpha value is -1.82. The minimum Gasteiger partial charge on any atom is -0.368 e. The van der Waals surface area contributed by atoms with E-state index in [1.165, 1.54) is 12.8 Å². The van der Waals surface area contributed by atoms with E-state index < -0.39 is 0 Å². The number of unbranched alkanes of at least 4 members (excludes halogenated alkanes) is 1. The van der Waals surface area contributed by atoms with Crippen LogP contribution in [0.3, 0.4) is 0 Å². The Labute approximate surface area is 114 Å². The molecule has 0 spiro atoms. The van der Waals surface area contributed by atoms with Gasteiger partial charge in [0.1, 0.15) is 0 Å². The van der Waals surface area contributed by atoms with Crippen molar-refractivity contribution in [3.63, 3.8) is 0 Å². The van der Waals surface area contributed by atoms with Gasteiger partial charge in [0, 0.05) is 23.8 Å². The lowest BCUT2D eigenvalue weighted by Gasteiger charge is -2.26. The van der Waals surface area contributed by atoms with E-state index in [2.05, 4.69) is 17.9 Å². The highest BCUT2D eigenvalue weighted by Gasteiger charge is 2.30. The molecule has 3 heteroatoms. The molecule has 1 saturated carbocycles. The minimum atomic E-state index is 0.0710. The molecule has 0 saturated heterocycles. The Morgan fingerprint density at radius 3 is 2.74 bits per heavy atom. The molecule has 0 aliphatic heterocycles. The van der Waals surface area contributed by atoms with Gasteiger partial charge in [-0.05, 0) is 44.4 Å². The summed E-state index contributed by atoms with van der Waals surface area (Å²) in [6.07, 6.45) is 4.64. The molecule has 1 aromatic rings. The first-order valence-electron chi connectivity index (χ1n) is 6.99. The van der Waals surface area contributed by atoms with E-state index >= 15 is 0 Å². The summed E-state index contributed by atoms with van der Waals surface area (Å²) in [6, 6.07) is 8.10. The molecule has 0 radical (unpaired) electrons. The van der Waals surface area contributed by atoms with Crippen molar-refractivity contribution in [2.24, 2.45) is 0 Å². The van der Waals surface area contributed by atoms with Crippen molar-refractivity contribution in [1.29, 1.82) is 5.26 Å². The number of nitriles is 1. The molecule has 2 rings (SSSR count). The molecule has 1 aliphatic carbocycles. The van der Waals surface area contributed by atoms with Crippen molar-refractivity contribution in [3.8, 4) is 6.07 Å². The van der Waals surface area contributed by atoms with Gasteiger partial charge in [-0.3, -0.25) is 4.79 Å². The average Bonchev–Trinajstić information content (AvgIpc) is 3.23. The van der Waals surface area contributed by atoms with Gasteiger partial charge in [0.15, 0.2) is 5.78 Å². The Balaban J connectivity index is 2.38. The lowest BCUT2D eigenvalue weighted by Crippen LogP contribution is -2.28. The molecule has 0 bridgehead atoms. The van der Waals surface area contributed by atoms with Gasteiger partial charge < -0.3 is 4.90 Å². The van der Waals surface area contributed by atoms with Crippen LogP contribution in [-0.2, 0) is 0 Å². The highest BCUT2D eigenvalue weighted by atomic mass is 16.1. The lowest BCUT2D eigenvalue weighted by molar-refractivity contribution is 0.101. The fraction of sp³-hybridized carbons (Fsp3) is 0.500. The van der Waals surface area contributed by atoms with Gasteiger partial charge in [-0.2, -0.15) is 5.26 Å². The third-order valence-corrected chi connectivity index (χ3v) is 3.56. The maximum Gasteiger partial charge on any atom is 0.161 e. The first-order chi connectivity index (χ1) is 9.17. The predicted octanol–water partition coefficient (Wildman–Crippen LogP) is 3.53. The highest BCUT2D eigenvalue weighted by Crippen LogP contribution is 2.34. The number of ketones is 1. The van der Waals surface area contributed by atoms with Crippen LogP contribution in [-0.4, -0.2) is 18.4 Å². The van der Waals surface area contributed by atoms with Crippen molar-refractivity contribution < 1.29 is 4.79 Å². The monoisotopic (exact) mass is 256 g/mol. The largest absolute Gasteiger partial charge is 0.368 e. The van der Waals surface area contributed by atoms with Gasteiger partial charge in [-0.1, -0.05) is 13.3 Å². The number of Topliss-reactive ketones (excluding diaryl/α,β-unsaturated/α-hetero) is 1. The molecular formula is C16H20N2O. The fourth-order valence-electron chi connectivity index (χ4n) is 2.35. The zero-order valence-electron chi connectivity index (χ0n) is 11.6. The number of nitrogens with zero attached hydrogens (tertiary/aromatic N) is 2. The maximum atomic E-state index is 11.8. The molecule has 1 aliphatic rings. The topological polar surface area (TPSA) is 44.1 Å². The van der Waals surface area contributed by atoms with E-state index in [0.717, 1.165) is 30.6 Å².